The van der Waals surface area contributed by atoms with Crippen LogP contribution in [0.5, 0.6) is 11.5 Å². The summed E-state index contributed by atoms with van der Waals surface area (Å²) in [5.41, 5.74) is 3.74. The number of hydrogen-bond acceptors (Lipinski definition) is 5. The lowest BCUT2D eigenvalue weighted by molar-refractivity contribution is 0.0986. The van der Waals surface area contributed by atoms with Gasteiger partial charge in [-0.1, -0.05) is 37.3 Å². The third-order valence-corrected chi connectivity index (χ3v) is 6.34. The number of hydrogen-bond donors (Lipinski definition) is 1. The Kier molecular flexibility index (Phi) is 9.86. The van der Waals surface area contributed by atoms with Crippen molar-refractivity contribution in [3.05, 3.63) is 77.9 Å². The van der Waals surface area contributed by atoms with Crippen LogP contribution in [-0.2, 0) is 0 Å². The molecule has 0 fully saturated rings. The van der Waals surface area contributed by atoms with E-state index >= 15 is 0 Å². The Bertz CT molecular complexity index is 1190. The molecular formula is C31H38N2O4. The fourth-order valence-corrected chi connectivity index (χ4v) is 4.33. The van der Waals surface area contributed by atoms with Gasteiger partial charge in [0.2, 0.25) is 0 Å². The highest BCUT2D eigenvalue weighted by Gasteiger charge is 2.15. The van der Waals surface area contributed by atoms with Crippen molar-refractivity contribution in [2.24, 2.45) is 0 Å². The van der Waals surface area contributed by atoms with Crippen LogP contribution < -0.4 is 14.8 Å². The predicted octanol–water partition coefficient (Wildman–Crippen LogP) is 6.70. The fourth-order valence-electron chi connectivity index (χ4n) is 4.33. The molecule has 0 aliphatic carbocycles. The highest BCUT2D eigenvalue weighted by Crippen LogP contribution is 2.31. The maximum absolute atomic E-state index is 12.9. The number of ketones is 1. The van der Waals surface area contributed by atoms with Gasteiger partial charge in [0.25, 0.3) is 5.91 Å². The quantitative estimate of drug-likeness (QED) is 0.279. The van der Waals surface area contributed by atoms with Gasteiger partial charge in [-0.05, 0) is 69.2 Å². The molecule has 37 heavy (non-hydrogen) atoms. The summed E-state index contributed by atoms with van der Waals surface area (Å²) in [6, 6.07) is 21.1. The molecule has 6 nitrogen and oxygen atoms in total. The highest BCUT2D eigenvalue weighted by atomic mass is 16.5. The zero-order valence-electron chi connectivity index (χ0n) is 22.7. The van der Waals surface area contributed by atoms with Crippen LogP contribution in [0.15, 0.2) is 66.7 Å². The third kappa shape index (κ3) is 7.43. The van der Waals surface area contributed by atoms with E-state index in [4.69, 9.17) is 9.47 Å². The van der Waals surface area contributed by atoms with Gasteiger partial charge in [0.1, 0.15) is 6.61 Å². The molecule has 0 heterocycles. The molecule has 0 aliphatic heterocycles. The van der Waals surface area contributed by atoms with Crippen LogP contribution >= 0.6 is 0 Å². The van der Waals surface area contributed by atoms with Crippen LogP contribution in [0.3, 0.4) is 0 Å². The molecule has 1 amide bonds. The van der Waals surface area contributed by atoms with Gasteiger partial charge in [0.05, 0.1) is 7.11 Å². The minimum atomic E-state index is -0.219. The van der Waals surface area contributed by atoms with Crippen molar-refractivity contribution in [1.29, 1.82) is 0 Å². The van der Waals surface area contributed by atoms with E-state index in [0.717, 1.165) is 17.7 Å². The molecule has 0 bridgehead atoms. The Morgan fingerprint density at radius 2 is 1.54 bits per heavy atom. The van der Waals surface area contributed by atoms with Crippen LogP contribution in [0.2, 0.25) is 0 Å². The summed E-state index contributed by atoms with van der Waals surface area (Å²) < 4.78 is 11.5. The molecule has 0 atom stereocenters. The van der Waals surface area contributed by atoms with E-state index in [9.17, 15) is 9.59 Å². The molecule has 6 heteroatoms. The zero-order chi connectivity index (χ0) is 26.9. The van der Waals surface area contributed by atoms with Crippen molar-refractivity contribution in [1.82, 2.24) is 4.90 Å². The molecule has 0 saturated heterocycles. The molecule has 0 aliphatic rings. The monoisotopic (exact) mass is 502 g/mol. The molecule has 0 saturated carbocycles. The van der Waals surface area contributed by atoms with Gasteiger partial charge in [-0.25, -0.2) is 0 Å². The van der Waals surface area contributed by atoms with Crippen molar-refractivity contribution < 1.29 is 19.1 Å². The lowest BCUT2D eigenvalue weighted by Gasteiger charge is -2.30. The van der Waals surface area contributed by atoms with Gasteiger partial charge >= 0.3 is 0 Å². The smallest absolute Gasteiger partial charge is 0.255 e. The van der Waals surface area contributed by atoms with E-state index < -0.39 is 0 Å². The molecule has 0 unspecified atom stereocenters. The largest absolute Gasteiger partial charge is 0.493 e. The number of methoxy groups -OCH3 is 1. The summed E-state index contributed by atoms with van der Waals surface area (Å²) in [5.74, 6) is 1.10. The van der Waals surface area contributed by atoms with Crippen LogP contribution in [0.25, 0.3) is 11.1 Å². The number of rotatable bonds is 12. The number of Topliss-reactive ketones (excluding diaryl/α,β-unsaturated/α-hetero) is 1. The summed E-state index contributed by atoms with van der Waals surface area (Å²) in [6.45, 7) is 11.9. The predicted molar refractivity (Wildman–Crippen MR) is 150 cm³/mol. The van der Waals surface area contributed by atoms with Gasteiger partial charge in [0.15, 0.2) is 17.3 Å². The molecule has 196 valence electrons. The van der Waals surface area contributed by atoms with Crippen LogP contribution in [-0.4, -0.2) is 48.9 Å². The summed E-state index contributed by atoms with van der Waals surface area (Å²) in [5, 5.41) is 2.95. The third-order valence-electron chi connectivity index (χ3n) is 6.34. The van der Waals surface area contributed by atoms with E-state index in [1.165, 1.54) is 0 Å². The second-order valence-corrected chi connectivity index (χ2v) is 9.53. The normalized spacial score (nSPS) is 11.2. The van der Waals surface area contributed by atoms with E-state index in [-0.39, 0.29) is 11.7 Å². The van der Waals surface area contributed by atoms with Gasteiger partial charge < -0.3 is 14.8 Å². The Hall–Kier alpha value is -3.64. The van der Waals surface area contributed by atoms with Crippen molar-refractivity contribution >= 4 is 17.4 Å². The van der Waals surface area contributed by atoms with Crippen molar-refractivity contribution in [2.45, 2.75) is 53.1 Å². The van der Waals surface area contributed by atoms with E-state index in [1.54, 1.807) is 37.4 Å². The minimum absolute atomic E-state index is 0.109. The SMILES string of the molecule is CCC(=O)c1cccc(-c2ccc(C(=O)Nc3ccc(OC)c(OCCN(C(C)C)C(C)C)c3)cc2)c1. The molecule has 3 aromatic rings. The van der Waals surface area contributed by atoms with Crippen molar-refractivity contribution in [3.63, 3.8) is 0 Å². The molecule has 1 N–H and O–H groups in total. The van der Waals surface area contributed by atoms with E-state index in [0.29, 0.717) is 53.4 Å². The maximum Gasteiger partial charge on any atom is 0.255 e. The molecule has 0 aromatic heterocycles. The Morgan fingerprint density at radius 1 is 0.838 bits per heavy atom. The average molecular weight is 503 g/mol. The first-order chi connectivity index (χ1) is 17.7. The number of benzene rings is 3. The summed E-state index contributed by atoms with van der Waals surface area (Å²) in [6.07, 6.45) is 0.467. The molecule has 0 spiro atoms. The van der Waals surface area contributed by atoms with Gasteiger partial charge in [-0.3, -0.25) is 14.5 Å². The Labute approximate surface area is 220 Å². The van der Waals surface area contributed by atoms with Crippen LogP contribution in [0.1, 0.15) is 61.8 Å². The highest BCUT2D eigenvalue weighted by molar-refractivity contribution is 6.04. The summed E-state index contributed by atoms with van der Waals surface area (Å²) in [7, 11) is 1.60. The molecular weight excluding hydrogens is 464 g/mol. The fraction of sp³-hybridized carbons (Fsp3) is 0.355. The number of ether oxygens (including phenoxy) is 2. The lowest BCUT2D eigenvalue weighted by Crippen LogP contribution is -2.39. The van der Waals surface area contributed by atoms with Crippen molar-refractivity contribution in [3.8, 4) is 22.6 Å². The second-order valence-electron chi connectivity index (χ2n) is 9.53. The van der Waals surface area contributed by atoms with Crippen LogP contribution in [0.4, 0.5) is 5.69 Å². The van der Waals surface area contributed by atoms with E-state index in [2.05, 4.69) is 37.9 Å². The van der Waals surface area contributed by atoms with E-state index in [1.807, 2.05) is 43.3 Å². The van der Waals surface area contributed by atoms with Crippen LogP contribution in [0, 0.1) is 0 Å². The van der Waals surface area contributed by atoms with Gasteiger partial charge in [0, 0.05) is 47.9 Å². The second kappa shape index (κ2) is 13.1. The molecule has 0 radical (unpaired) electrons. The summed E-state index contributed by atoms with van der Waals surface area (Å²) >= 11 is 0. The maximum atomic E-state index is 12.9. The first-order valence-electron chi connectivity index (χ1n) is 12.8. The number of carbonyl (C=O) groups is 2. The number of nitrogens with one attached hydrogen (secondary N) is 1. The number of carbonyl (C=O) groups excluding carboxylic acids is 2. The first kappa shape index (κ1) is 27.9. The molecule has 3 aromatic carbocycles. The Balaban J connectivity index is 1.68. The van der Waals surface area contributed by atoms with Gasteiger partial charge in [-0.15, -0.1) is 0 Å². The average Bonchev–Trinajstić information content (AvgIpc) is 2.90. The minimum Gasteiger partial charge on any atom is -0.493 e. The number of amides is 1. The van der Waals surface area contributed by atoms with Gasteiger partial charge in [-0.2, -0.15) is 0 Å². The summed E-state index contributed by atoms with van der Waals surface area (Å²) in [4.78, 5) is 27.3. The first-order valence-corrected chi connectivity index (χ1v) is 12.8. The molecule has 3 rings (SSSR count). The number of nitrogens with zero attached hydrogens (tertiary/aromatic N) is 1. The number of anilines is 1. The lowest BCUT2D eigenvalue weighted by atomic mass is 9.99. The van der Waals surface area contributed by atoms with Crippen molar-refractivity contribution in [2.75, 3.05) is 25.6 Å². The topological polar surface area (TPSA) is 67.9 Å². The zero-order valence-corrected chi connectivity index (χ0v) is 22.7. The Morgan fingerprint density at radius 3 is 2.16 bits per heavy atom. The standard InChI is InChI=1S/C31H38N2O4/c1-7-28(34)26-10-8-9-25(19-26)23-11-13-24(14-12-23)31(35)32-27-15-16-29(36-6)30(20-27)37-18-17-33(21(2)3)22(4)5/h8-16,19-22H,7,17-18H2,1-6H3,(H,32,35).